The maximum Gasteiger partial charge on any atom is 0.272 e. The van der Waals surface area contributed by atoms with Gasteiger partial charge in [-0.1, -0.05) is 48.5 Å². The number of para-hydroxylation sites is 1. The fourth-order valence-electron chi connectivity index (χ4n) is 4.66. The van der Waals surface area contributed by atoms with Crippen molar-refractivity contribution in [2.45, 2.75) is 32.5 Å². The summed E-state index contributed by atoms with van der Waals surface area (Å²) in [5, 5.41) is 7.69. The number of ether oxygens (including phenoxy) is 1. The smallest absolute Gasteiger partial charge is 0.272 e. The van der Waals surface area contributed by atoms with Crippen LogP contribution < -0.4 is 10.1 Å². The van der Waals surface area contributed by atoms with Crippen LogP contribution in [0, 0.1) is 0 Å². The number of aromatic nitrogens is 3. The topological polar surface area (TPSA) is 89.3 Å². The van der Waals surface area contributed by atoms with Gasteiger partial charge < -0.3 is 15.0 Å². The number of carbonyl (C=O) groups is 2. The first kappa shape index (κ1) is 24.2. The Bertz CT molecular complexity index is 1390. The summed E-state index contributed by atoms with van der Waals surface area (Å²) in [6, 6.07) is 23.0. The van der Waals surface area contributed by atoms with E-state index in [1.807, 2.05) is 53.2 Å². The van der Waals surface area contributed by atoms with E-state index in [0.29, 0.717) is 49.6 Å². The number of nitrogens with zero attached hydrogens (tertiary/aromatic N) is 4. The third kappa shape index (κ3) is 5.38. The molecule has 1 N–H and O–H groups in total. The number of pyridine rings is 1. The Morgan fingerprint density at radius 2 is 1.78 bits per heavy atom. The van der Waals surface area contributed by atoms with Gasteiger partial charge in [0.05, 0.1) is 31.5 Å². The largest absolute Gasteiger partial charge is 0.496 e. The van der Waals surface area contributed by atoms with Gasteiger partial charge in [-0.25, -0.2) is 0 Å². The second-order valence-electron chi connectivity index (χ2n) is 8.91. The molecule has 0 fully saturated rings. The molecule has 0 saturated heterocycles. The van der Waals surface area contributed by atoms with E-state index in [4.69, 9.17) is 9.84 Å². The van der Waals surface area contributed by atoms with Crippen molar-refractivity contribution in [3.63, 3.8) is 0 Å². The Labute approximate surface area is 215 Å². The number of methoxy groups -OCH3 is 1. The molecule has 188 valence electrons. The number of benzene rings is 2. The monoisotopic (exact) mass is 495 g/mol. The number of aryl methyl sites for hydroxylation is 2. The molecular weight excluding hydrogens is 466 g/mol. The lowest BCUT2D eigenvalue weighted by Gasteiger charge is -2.28. The number of fused-ring (bicyclic) bond motifs is 1. The lowest BCUT2D eigenvalue weighted by Crippen LogP contribution is -2.37. The number of carbonyl (C=O) groups excluding carboxylic acids is 2. The Kier molecular flexibility index (Phi) is 7.26. The van der Waals surface area contributed by atoms with Crippen LogP contribution in [0.3, 0.4) is 0 Å². The van der Waals surface area contributed by atoms with E-state index < -0.39 is 0 Å². The number of hydrogen-bond donors (Lipinski definition) is 1. The Balaban J connectivity index is 1.41. The molecule has 2 amide bonds. The molecule has 0 unspecified atom stereocenters. The first-order valence-corrected chi connectivity index (χ1v) is 12.4. The number of rotatable bonds is 8. The van der Waals surface area contributed by atoms with Crippen molar-refractivity contribution < 1.29 is 14.3 Å². The van der Waals surface area contributed by atoms with Gasteiger partial charge in [0.1, 0.15) is 5.75 Å². The summed E-state index contributed by atoms with van der Waals surface area (Å²) in [7, 11) is 1.56. The van der Waals surface area contributed by atoms with Crippen molar-refractivity contribution in [1.82, 2.24) is 25.0 Å². The van der Waals surface area contributed by atoms with E-state index in [9.17, 15) is 9.59 Å². The van der Waals surface area contributed by atoms with Gasteiger partial charge in [-0.05, 0) is 36.2 Å². The highest BCUT2D eigenvalue weighted by Gasteiger charge is 2.31. The van der Waals surface area contributed by atoms with Crippen molar-refractivity contribution in [3.8, 4) is 5.75 Å². The fraction of sp³-hybridized carbons (Fsp3) is 0.241. The van der Waals surface area contributed by atoms with Gasteiger partial charge in [0.15, 0.2) is 5.69 Å². The summed E-state index contributed by atoms with van der Waals surface area (Å²) >= 11 is 0. The Morgan fingerprint density at radius 1 is 1.00 bits per heavy atom. The van der Waals surface area contributed by atoms with Crippen LogP contribution in [0.4, 0.5) is 0 Å². The van der Waals surface area contributed by atoms with E-state index in [1.165, 1.54) is 5.56 Å². The summed E-state index contributed by atoms with van der Waals surface area (Å²) in [5.41, 5.74) is 4.63. The molecule has 8 nitrogen and oxygen atoms in total. The van der Waals surface area contributed by atoms with E-state index in [2.05, 4.69) is 22.4 Å². The number of nitrogens with one attached hydrogen (secondary N) is 1. The van der Waals surface area contributed by atoms with Crippen molar-refractivity contribution in [1.29, 1.82) is 0 Å². The molecule has 8 heteroatoms. The predicted molar refractivity (Wildman–Crippen MR) is 139 cm³/mol. The molecule has 1 aliphatic rings. The normalized spacial score (nSPS) is 12.6. The first-order valence-electron chi connectivity index (χ1n) is 12.4. The highest BCUT2D eigenvalue weighted by atomic mass is 16.5. The Morgan fingerprint density at radius 3 is 2.57 bits per heavy atom. The van der Waals surface area contributed by atoms with Gasteiger partial charge in [0, 0.05) is 37.0 Å². The summed E-state index contributed by atoms with van der Waals surface area (Å²) < 4.78 is 7.34. The van der Waals surface area contributed by atoms with Crippen LogP contribution >= 0.6 is 0 Å². The van der Waals surface area contributed by atoms with Crippen molar-refractivity contribution in [2.24, 2.45) is 0 Å². The molecule has 0 saturated carbocycles. The standard InChI is InChI=1S/C29H29N5O3/c1-37-26-13-6-5-12-23(26)29(36)33-17-15-25-24(20-33)27(28(35)31-19-22-11-7-8-16-30-22)32-34(25)18-14-21-9-3-2-4-10-21/h2-13,16H,14-15,17-20H2,1H3,(H,31,35). The Hall–Kier alpha value is -4.46. The number of amides is 2. The maximum absolute atomic E-state index is 13.4. The number of hydrogen-bond acceptors (Lipinski definition) is 5. The summed E-state index contributed by atoms with van der Waals surface area (Å²) in [6.45, 7) is 1.80. The zero-order valence-corrected chi connectivity index (χ0v) is 20.8. The summed E-state index contributed by atoms with van der Waals surface area (Å²) in [4.78, 5) is 32.7. The summed E-state index contributed by atoms with van der Waals surface area (Å²) in [5.74, 6) is 0.136. The third-order valence-corrected chi connectivity index (χ3v) is 6.58. The highest BCUT2D eigenvalue weighted by Crippen LogP contribution is 2.27. The SMILES string of the molecule is COc1ccccc1C(=O)N1CCc2c(c(C(=O)NCc3ccccn3)nn2CCc2ccccc2)C1. The minimum atomic E-state index is -0.271. The third-order valence-electron chi connectivity index (χ3n) is 6.58. The van der Waals surface area contributed by atoms with E-state index in [1.54, 1.807) is 30.3 Å². The second-order valence-corrected chi connectivity index (χ2v) is 8.91. The molecule has 0 atom stereocenters. The zero-order chi connectivity index (χ0) is 25.6. The lowest BCUT2D eigenvalue weighted by atomic mass is 10.0. The van der Waals surface area contributed by atoms with Crippen LogP contribution in [-0.4, -0.2) is 45.1 Å². The van der Waals surface area contributed by atoms with Gasteiger partial charge in [-0.2, -0.15) is 5.10 Å². The molecule has 0 aliphatic carbocycles. The molecule has 3 heterocycles. The quantitative estimate of drug-likeness (QED) is 0.403. The lowest BCUT2D eigenvalue weighted by molar-refractivity contribution is 0.0727. The highest BCUT2D eigenvalue weighted by molar-refractivity contribution is 5.98. The predicted octanol–water partition coefficient (Wildman–Crippen LogP) is 3.66. The fourth-order valence-corrected chi connectivity index (χ4v) is 4.66. The van der Waals surface area contributed by atoms with Gasteiger partial charge in [0.2, 0.25) is 0 Å². The van der Waals surface area contributed by atoms with Crippen LogP contribution in [0.1, 0.15) is 43.4 Å². The van der Waals surface area contributed by atoms with Gasteiger partial charge in [-0.3, -0.25) is 19.3 Å². The minimum Gasteiger partial charge on any atom is -0.496 e. The molecule has 0 spiro atoms. The average molecular weight is 496 g/mol. The van der Waals surface area contributed by atoms with Crippen molar-refractivity contribution >= 4 is 11.8 Å². The van der Waals surface area contributed by atoms with E-state index in [-0.39, 0.29) is 11.8 Å². The second kappa shape index (κ2) is 11.1. The summed E-state index contributed by atoms with van der Waals surface area (Å²) in [6.07, 6.45) is 3.11. The average Bonchev–Trinajstić information content (AvgIpc) is 3.33. The molecule has 1 aliphatic heterocycles. The molecule has 37 heavy (non-hydrogen) atoms. The van der Waals surface area contributed by atoms with Gasteiger partial charge in [0.25, 0.3) is 11.8 Å². The minimum absolute atomic E-state index is 0.125. The van der Waals surface area contributed by atoms with E-state index >= 15 is 0 Å². The first-order chi connectivity index (χ1) is 18.1. The van der Waals surface area contributed by atoms with Crippen LogP contribution in [0.25, 0.3) is 0 Å². The van der Waals surface area contributed by atoms with Crippen LogP contribution in [0.5, 0.6) is 5.75 Å². The van der Waals surface area contributed by atoms with Crippen molar-refractivity contribution in [3.05, 3.63) is 113 Å². The van der Waals surface area contributed by atoms with Crippen LogP contribution in [-0.2, 0) is 32.5 Å². The van der Waals surface area contributed by atoms with Crippen molar-refractivity contribution in [2.75, 3.05) is 13.7 Å². The zero-order valence-electron chi connectivity index (χ0n) is 20.8. The molecule has 2 aromatic heterocycles. The molecule has 5 rings (SSSR count). The van der Waals surface area contributed by atoms with Gasteiger partial charge in [-0.15, -0.1) is 0 Å². The molecule has 0 radical (unpaired) electrons. The molecule has 4 aromatic rings. The molecular formula is C29H29N5O3. The maximum atomic E-state index is 13.4. The van der Waals surface area contributed by atoms with Crippen LogP contribution in [0.2, 0.25) is 0 Å². The van der Waals surface area contributed by atoms with E-state index in [0.717, 1.165) is 23.4 Å². The molecule has 0 bridgehead atoms. The van der Waals surface area contributed by atoms with Gasteiger partial charge >= 0.3 is 0 Å². The molecule has 2 aromatic carbocycles. The van der Waals surface area contributed by atoms with Crippen LogP contribution in [0.15, 0.2) is 79.0 Å².